The smallest absolute Gasteiger partial charge is 0.162 e. The van der Waals surface area contributed by atoms with Crippen LogP contribution in [0.25, 0.3) is 22.0 Å². The van der Waals surface area contributed by atoms with Crippen LogP contribution < -0.4 is 14.8 Å². The first kappa shape index (κ1) is 17.8. The first-order valence-electron chi connectivity index (χ1n) is 8.83. The number of aromatic nitrogens is 1. The molecular weight excluding hydrogens is 355 g/mol. The lowest BCUT2D eigenvalue weighted by molar-refractivity contribution is 0.355. The lowest BCUT2D eigenvalue weighted by Gasteiger charge is -2.14. The molecule has 0 bridgehead atoms. The molecule has 0 unspecified atom stereocenters. The Balaban J connectivity index is 1.80. The van der Waals surface area contributed by atoms with Crippen molar-refractivity contribution in [1.82, 2.24) is 4.98 Å². The quantitative estimate of drug-likeness (QED) is 0.479. The second-order valence-electron chi connectivity index (χ2n) is 6.28. The highest BCUT2D eigenvalue weighted by Gasteiger charge is 2.10. The fraction of sp³-hybridized carbons (Fsp3) is 0.0870. The number of nitrogens with zero attached hydrogens (tertiary/aromatic N) is 1. The van der Waals surface area contributed by atoms with E-state index < -0.39 is 0 Å². The molecule has 140 valence electrons. The number of benzene rings is 3. The van der Waals surface area contributed by atoms with Crippen LogP contribution >= 0.6 is 0 Å². The summed E-state index contributed by atoms with van der Waals surface area (Å²) in [7, 11) is 3.20. The van der Waals surface area contributed by atoms with Crippen LogP contribution in [0.15, 0.2) is 72.8 Å². The molecule has 0 radical (unpaired) electrons. The fourth-order valence-electron chi connectivity index (χ4n) is 3.11. The predicted octanol–water partition coefficient (Wildman–Crippen LogP) is 5.80. The van der Waals surface area contributed by atoms with Crippen molar-refractivity contribution in [3.63, 3.8) is 0 Å². The van der Waals surface area contributed by atoms with Crippen LogP contribution in [0.2, 0.25) is 0 Å². The minimum absolute atomic E-state index is 0.270. The molecule has 4 nitrogen and oxygen atoms in total. The topological polar surface area (TPSA) is 43.4 Å². The number of fused-ring (bicyclic) bond motifs is 1. The molecule has 28 heavy (non-hydrogen) atoms. The summed E-state index contributed by atoms with van der Waals surface area (Å²) in [4.78, 5) is 4.79. The van der Waals surface area contributed by atoms with E-state index in [2.05, 4.69) is 5.32 Å². The Morgan fingerprint density at radius 3 is 2.32 bits per heavy atom. The van der Waals surface area contributed by atoms with Crippen molar-refractivity contribution in [3.05, 3.63) is 78.6 Å². The van der Waals surface area contributed by atoms with Gasteiger partial charge in [-0.1, -0.05) is 24.3 Å². The van der Waals surface area contributed by atoms with E-state index in [1.54, 1.807) is 26.4 Å². The van der Waals surface area contributed by atoms with E-state index in [4.69, 9.17) is 14.5 Å². The summed E-state index contributed by atoms with van der Waals surface area (Å²) in [6, 6.07) is 21.9. The third-order valence-electron chi connectivity index (χ3n) is 4.53. The van der Waals surface area contributed by atoms with Gasteiger partial charge in [0.25, 0.3) is 0 Å². The Bertz CT molecular complexity index is 1130. The highest BCUT2D eigenvalue weighted by Crippen LogP contribution is 2.33. The van der Waals surface area contributed by atoms with Crippen LogP contribution in [0.5, 0.6) is 11.5 Å². The number of halogens is 1. The molecule has 1 aromatic heterocycles. The van der Waals surface area contributed by atoms with Crippen molar-refractivity contribution in [3.8, 4) is 22.8 Å². The highest BCUT2D eigenvalue weighted by atomic mass is 19.1. The molecular formula is C23H19FN2O2. The van der Waals surface area contributed by atoms with Crippen LogP contribution in [0.3, 0.4) is 0 Å². The van der Waals surface area contributed by atoms with Gasteiger partial charge in [-0.05, 0) is 47.9 Å². The predicted molar refractivity (Wildman–Crippen MR) is 110 cm³/mol. The normalized spacial score (nSPS) is 10.7. The van der Waals surface area contributed by atoms with Crippen molar-refractivity contribution < 1.29 is 13.9 Å². The van der Waals surface area contributed by atoms with E-state index in [0.29, 0.717) is 17.3 Å². The Hall–Kier alpha value is -3.60. The fourth-order valence-corrected chi connectivity index (χ4v) is 3.11. The van der Waals surface area contributed by atoms with Gasteiger partial charge < -0.3 is 14.8 Å². The molecule has 3 aromatic carbocycles. The first-order chi connectivity index (χ1) is 13.7. The average molecular weight is 374 g/mol. The molecule has 0 aliphatic heterocycles. The summed E-state index contributed by atoms with van der Waals surface area (Å²) in [6.45, 7) is 0. The summed E-state index contributed by atoms with van der Waals surface area (Å²) in [6.07, 6.45) is 0. The van der Waals surface area contributed by atoms with E-state index in [9.17, 15) is 4.39 Å². The number of hydrogen-bond acceptors (Lipinski definition) is 4. The minimum atomic E-state index is -0.270. The Kier molecular flexibility index (Phi) is 4.81. The van der Waals surface area contributed by atoms with Crippen LogP contribution in [-0.4, -0.2) is 19.2 Å². The van der Waals surface area contributed by atoms with Gasteiger partial charge in [-0.15, -0.1) is 0 Å². The maximum absolute atomic E-state index is 13.3. The third-order valence-corrected chi connectivity index (χ3v) is 4.53. The number of hydrogen-bond donors (Lipinski definition) is 1. The zero-order valence-corrected chi connectivity index (χ0v) is 15.6. The van der Waals surface area contributed by atoms with Gasteiger partial charge in [-0.25, -0.2) is 9.37 Å². The SMILES string of the molecule is COc1ccc(Nc2nc(-c3ccc(F)cc3)cc3ccccc23)cc1OC. The van der Waals surface area contributed by atoms with Gasteiger partial charge >= 0.3 is 0 Å². The van der Waals surface area contributed by atoms with Crippen LogP contribution in [0, 0.1) is 5.82 Å². The standard InChI is InChI=1S/C23H19FN2O2/c1-27-21-12-11-18(14-22(21)28-2)25-23-19-6-4-3-5-16(19)13-20(26-23)15-7-9-17(24)10-8-15/h3-14H,1-2H3,(H,25,26). The molecule has 1 N–H and O–H groups in total. The number of nitrogens with one attached hydrogen (secondary N) is 1. The van der Waals surface area contributed by atoms with Gasteiger partial charge in [-0.2, -0.15) is 0 Å². The van der Waals surface area contributed by atoms with Crippen molar-refractivity contribution in [2.45, 2.75) is 0 Å². The van der Waals surface area contributed by atoms with Gasteiger partial charge in [-0.3, -0.25) is 0 Å². The van der Waals surface area contributed by atoms with Crippen LogP contribution in [0.1, 0.15) is 0 Å². The third kappa shape index (κ3) is 3.47. The number of methoxy groups -OCH3 is 2. The molecule has 0 saturated heterocycles. The summed E-state index contributed by atoms with van der Waals surface area (Å²) >= 11 is 0. The summed E-state index contributed by atoms with van der Waals surface area (Å²) in [5.41, 5.74) is 2.44. The van der Waals surface area contributed by atoms with Gasteiger partial charge in [0.2, 0.25) is 0 Å². The van der Waals surface area contributed by atoms with Gasteiger partial charge in [0.05, 0.1) is 19.9 Å². The van der Waals surface area contributed by atoms with E-state index in [0.717, 1.165) is 27.7 Å². The van der Waals surface area contributed by atoms with E-state index >= 15 is 0 Å². The molecule has 0 aliphatic carbocycles. The Labute approximate surface area is 162 Å². The number of anilines is 2. The molecule has 5 heteroatoms. The van der Waals surface area contributed by atoms with Crippen LogP contribution in [0.4, 0.5) is 15.9 Å². The van der Waals surface area contributed by atoms with Crippen LogP contribution in [-0.2, 0) is 0 Å². The molecule has 0 fully saturated rings. The molecule has 0 amide bonds. The highest BCUT2D eigenvalue weighted by molar-refractivity contribution is 5.96. The Morgan fingerprint density at radius 2 is 1.57 bits per heavy atom. The zero-order valence-electron chi connectivity index (χ0n) is 15.6. The lowest BCUT2D eigenvalue weighted by Crippen LogP contribution is -1.98. The van der Waals surface area contributed by atoms with E-state index in [1.165, 1.54) is 12.1 Å². The van der Waals surface area contributed by atoms with Gasteiger partial charge in [0.15, 0.2) is 11.5 Å². The molecule has 4 aromatic rings. The molecule has 0 aliphatic rings. The summed E-state index contributed by atoms with van der Waals surface area (Å²) in [5, 5.41) is 5.40. The molecule has 0 spiro atoms. The largest absolute Gasteiger partial charge is 0.493 e. The van der Waals surface area contributed by atoms with E-state index in [-0.39, 0.29) is 5.82 Å². The van der Waals surface area contributed by atoms with Crippen molar-refractivity contribution in [2.75, 3.05) is 19.5 Å². The van der Waals surface area contributed by atoms with Crippen molar-refractivity contribution >= 4 is 22.3 Å². The van der Waals surface area contributed by atoms with Gasteiger partial charge in [0, 0.05) is 22.7 Å². The molecule has 0 saturated carbocycles. The lowest BCUT2D eigenvalue weighted by atomic mass is 10.1. The molecule has 0 atom stereocenters. The molecule has 4 rings (SSSR count). The number of pyridine rings is 1. The first-order valence-corrected chi connectivity index (χ1v) is 8.83. The zero-order chi connectivity index (χ0) is 19.5. The maximum Gasteiger partial charge on any atom is 0.162 e. The minimum Gasteiger partial charge on any atom is -0.493 e. The van der Waals surface area contributed by atoms with Crippen molar-refractivity contribution in [2.24, 2.45) is 0 Å². The maximum atomic E-state index is 13.3. The summed E-state index contributed by atoms with van der Waals surface area (Å²) < 4.78 is 24.0. The summed E-state index contributed by atoms with van der Waals surface area (Å²) in [5.74, 6) is 1.73. The molecule has 1 heterocycles. The second kappa shape index (κ2) is 7.56. The monoisotopic (exact) mass is 374 g/mol. The van der Waals surface area contributed by atoms with E-state index in [1.807, 2.05) is 48.5 Å². The average Bonchev–Trinajstić information content (AvgIpc) is 2.74. The number of rotatable bonds is 5. The Morgan fingerprint density at radius 1 is 0.821 bits per heavy atom. The van der Waals surface area contributed by atoms with Crippen molar-refractivity contribution in [1.29, 1.82) is 0 Å². The number of ether oxygens (including phenoxy) is 2. The second-order valence-corrected chi connectivity index (χ2v) is 6.28. The van der Waals surface area contributed by atoms with Gasteiger partial charge in [0.1, 0.15) is 11.6 Å².